The summed E-state index contributed by atoms with van der Waals surface area (Å²) in [7, 11) is 1.60. The molecule has 0 amide bonds. The zero-order chi connectivity index (χ0) is 6.24. The molecule has 0 rings (SSSR count). The van der Waals surface area contributed by atoms with Crippen molar-refractivity contribution in [2.24, 2.45) is 4.99 Å². The molecule has 0 atom stereocenters. The third-order valence-electron chi connectivity index (χ3n) is 0.381. The van der Waals surface area contributed by atoms with Crippen molar-refractivity contribution in [3.8, 4) is 0 Å². The topological polar surface area (TPSA) is 12.4 Å². The van der Waals surface area contributed by atoms with Crippen LogP contribution in [0.5, 0.6) is 0 Å². The molecule has 0 unspecified atom stereocenters. The molecule has 0 aromatic rings. The Labute approximate surface area is 48.4 Å². The molecule has 0 saturated heterocycles. The fourth-order valence-corrected chi connectivity index (χ4v) is 0.159. The fraction of sp³-hybridized carbons (Fsp3) is 0.143. The van der Waals surface area contributed by atoms with Crippen LogP contribution in [-0.4, -0.2) is 12.9 Å². The van der Waals surface area contributed by atoms with E-state index < -0.39 is 0 Å². The minimum absolute atomic E-state index is 1.60. The lowest BCUT2D eigenvalue weighted by atomic mass is 10.7. The molecule has 0 spiro atoms. The molecule has 0 saturated carbocycles. The molecule has 0 fully saturated rings. The molecule has 0 bridgehead atoms. The van der Waals surface area contributed by atoms with Gasteiger partial charge in [-0.05, 0) is 12.3 Å². The van der Waals surface area contributed by atoms with E-state index in [0.29, 0.717) is 0 Å². The van der Waals surface area contributed by atoms with Gasteiger partial charge in [0.1, 0.15) is 0 Å². The van der Waals surface area contributed by atoms with Crippen molar-refractivity contribution in [2.45, 2.75) is 0 Å². The minimum Gasteiger partial charge on any atom is -0.238 e. The number of aliphatic imine (C=N–C) groups is 1. The molecule has 38 valence electrons. The summed E-state index contributed by atoms with van der Waals surface area (Å²) >= 11 is 0. The monoisotopic (exact) mass is 103 g/mol. The first-order valence-electron chi connectivity index (χ1n) is 2.02. The Balaban J connectivity index is 4.76. The van der Waals surface area contributed by atoms with E-state index in [2.05, 4.69) is 40.4 Å². The summed E-state index contributed by atoms with van der Waals surface area (Å²) in [6.45, 7) is 3.26. The Morgan fingerprint density at radius 1 is 1.25 bits per heavy atom. The molecular formula is C7H5N. The predicted molar refractivity (Wildman–Crippen MR) is 33.0 cm³/mol. The van der Waals surface area contributed by atoms with Crippen molar-refractivity contribution in [3.05, 3.63) is 29.5 Å². The van der Waals surface area contributed by atoms with Gasteiger partial charge in [-0.1, -0.05) is 5.73 Å². The molecule has 0 aliphatic heterocycles. The Kier molecular flexibility index (Phi) is 4.57. The van der Waals surface area contributed by atoms with Gasteiger partial charge < -0.3 is 0 Å². The lowest BCUT2D eigenvalue weighted by molar-refractivity contribution is 1.49. The molecule has 0 aliphatic carbocycles. The molecule has 0 N–H and O–H groups in total. The molecular weight excluding hydrogens is 98.1 g/mol. The number of nitrogens with zero attached hydrogens (tertiary/aromatic N) is 1. The molecule has 0 heterocycles. The van der Waals surface area contributed by atoms with E-state index in [1.165, 1.54) is 0 Å². The lowest BCUT2D eigenvalue weighted by Crippen LogP contribution is -1.40. The Morgan fingerprint density at radius 3 is 2.50 bits per heavy atom. The zero-order valence-electron chi connectivity index (χ0n) is 4.65. The highest BCUT2D eigenvalue weighted by Gasteiger charge is 1.36. The second-order valence-electron chi connectivity index (χ2n) is 0.887. The SMILES string of the molecule is C=C=C=C=C=C=NC. The van der Waals surface area contributed by atoms with Crippen LogP contribution < -0.4 is 0 Å². The van der Waals surface area contributed by atoms with Gasteiger partial charge >= 0.3 is 0 Å². The van der Waals surface area contributed by atoms with Crippen LogP contribution in [-0.2, 0) is 0 Å². The highest BCUT2D eigenvalue weighted by Crippen LogP contribution is 1.46. The van der Waals surface area contributed by atoms with Crippen molar-refractivity contribution in [1.82, 2.24) is 0 Å². The standard InChI is InChI=1S/C7H5N/c1-3-4-5-6-7-8-2/h1H2,2H3. The summed E-state index contributed by atoms with van der Waals surface area (Å²) in [6.07, 6.45) is 0. The maximum atomic E-state index is 3.50. The number of hydrogen-bond donors (Lipinski definition) is 0. The first kappa shape index (κ1) is 6.57. The second kappa shape index (κ2) is 5.57. The summed E-state index contributed by atoms with van der Waals surface area (Å²) in [5.41, 5.74) is 9.72. The zero-order valence-corrected chi connectivity index (χ0v) is 4.65. The second-order valence-corrected chi connectivity index (χ2v) is 0.887. The van der Waals surface area contributed by atoms with E-state index in [1.54, 1.807) is 7.05 Å². The molecule has 0 aromatic heterocycles. The normalized spacial score (nSPS) is 4.12. The molecule has 0 aliphatic rings. The maximum absolute atomic E-state index is 3.50. The van der Waals surface area contributed by atoms with Crippen LogP contribution >= 0.6 is 0 Å². The molecule has 1 heteroatoms. The quantitative estimate of drug-likeness (QED) is 0.321. The summed E-state index contributed by atoms with van der Waals surface area (Å²) in [4.78, 5) is 3.50. The van der Waals surface area contributed by atoms with Gasteiger partial charge in [0.05, 0.1) is 0 Å². The summed E-state index contributed by atoms with van der Waals surface area (Å²) in [6, 6.07) is 0. The van der Waals surface area contributed by atoms with Crippen LogP contribution in [0.25, 0.3) is 0 Å². The van der Waals surface area contributed by atoms with E-state index in [-0.39, 0.29) is 0 Å². The highest BCUT2D eigenvalue weighted by molar-refractivity contribution is 5.49. The van der Waals surface area contributed by atoms with Crippen LogP contribution in [0.3, 0.4) is 0 Å². The van der Waals surface area contributed by atoms with Gasteiger partial charge in [-0.25, -0.2) is 4.99 Å². The van der Waals surface area contributed by atoms with Gasteiger partial charge in [-0.3, -0.25) is 0 Å². The van der Waals surface area contributed by atoms with Crippen LogP contribution in [0, 0.1) is 0 Å². The largest absolute Gasteiger partial charge is 0.238 e. The number of rotatable bonds is 0. The molecule has 0 aromatic carbocycles. The van der Waals surface area contributed by atoms with Crippen molar-refractivity contribution in [1.29, 1.82) is 0 Å². The lowest BCUT2D eigenvalue weighted by Gasteiger charge is -1.44. The third kappa shape index (κ3) is 4.57. The van der Waals surface area contributed by atoms with E-state index in [4.69, 9.17) is 0 Å². The molecule has 8 heavy (non-hydrogen) atoms. The average Bonchev–Trinajstić information content (AvgIpc) is 1.81. The van der Waals surface area contributed by atoms with Crippen LogP contribution in [0.15, 0.2) is 34.5 Å². The van der Waals surface area contributed by atoms with Crippen LogP contribution in [0.4, 0.5) is 0 Å². The first-order chi connectivity index (χ1) is 3.91. The van der Waals surface area contributed by atoms with Gasteiger partial charge in [0.25, 0.3) is 0 Å². The Morgan fingerprint density at radius 2 is 2.00 bits per heavy atom. The van der Waals surface area contributed by atoms with E-state index >= 15 is 0 Å². The summed E-state index contributed by atoms with van der Waals surface area (Å²) in [5, 5.41) is 0. The van der Waals surface area contributed by atoms with E-state index in [9.17, 15) is 0 Å². The Bertz CT molecular complexity index is 232. The van der Waals surface area contributed by atoms with Gasteiger partial charge in [0, 0.05) is 24.4 Å². The molecule has 0 radical (unpaired) electrons. The van der Waals surface area contributed by atoms with E-state index in [1.807, 2.05) is 0 Å². The van der Waals surface area contributed by atoms with Gasteiger partial charge in [-0.2, -0.15) is 0 Å². The first-order valence-corrected chi connectivity index (χ1v) is 2.02. The average molecular weight is 103 g/mol. The maximum Gasteiger partial charge on any atom is 0.0427 e. The van der Waals surface area contributed by atoms with Gasteiger partial charge in [-0.15, -0.1) is 0 Å². The van der Waals surface area contributed by atoms with Crippen molar-refractivity contribution >= 4 is 5.87 Å². The van der Waals surface area contributed by atoms with Crippen molar-refractivity contribution in [2.75, 3.05) is 7.05 Å². The van der Waals surface area contributed by atoms with Crippen LogP contribution in [0.2, 0.25) is 0 Å². The summed E-state index contributed by atoms with van der Waals surface area (Å²) < 4.78 is 0. The highest BCUT2D eigenvalue weighted by atomic mass is 14.6. The third-order valence-corrected chi connectivity index (χ3v) is 0.381. The van der Waals surface area contributed by atoms with E-state index in [0.717, 1.165) is 0 Å². The van der Waals surface area contributed by atoms with Crippen LogP contribution in [0.1, 0.15) is 0 Å². The Hall–Kier alpha value is -1.43. The van der Waals surface area contributed by atoms with Gasteiger partial charge in [0.15, 0.2) is 0 Å². The van der Waals surface area contributed by atoms with Crippen molar-refractivity contribution < 1.29 is 0 Å². The molecule has 1 nitrogen and oxygen atoms in total. The predicted octanol–water partition coefficient (Wildman–Crippen LogP) is 1.09. The fourth-order valence-electron chi connectivity index (χ4n) is 0.159. The summed E-state index contributed by atoms with van der Waals surface area (Å²) in [5.74, 6) is 2.42. The smallest absolute Gasteiger partial charge is 0.0427 e. The number of hydrogen-bond acceptors (Lipinski definition) is 1. The minimum atomic E-state index is 1.60. The van der Waals surface area contributed by atoms with Crippen molar-refractivity contribution in [3.63, 3.8) is 0 Å². The van der Waals surface area contributed by atoms with Gasteiger partial charge in [0.2, 0.25) is 0 Å².